The fourth-order valence-corrected chi connectivity index (χ4v) is 3.67. The second-order valence-corrected chi connectivity index (χ2v) is 7.45. The summed E-state index contributed by atoms with van der Waals surface area (Å²) in [5.41, 5.74) is 1.70. The Morgan fingerprint density at radius 3 is 2.10 bits per heavy atom. The predicted molar refractivity (Wildman–Crippen MR) is 114 cm³/mol. The average Bonchev–Trinajstić information content (AvgIpc) is 2.77. The molecule has 0 bridgehead atoms. The highest BCUT2D eigenvalue weighted by molar-refractivity contribution is 6.30. The van der Waals surface area contributed by atoms with Crippen molar-refractivity contribution in [3.05, 3.63) is 58.6 Å². The third-order valence-corrected chi connectivity index (χ3v) is 5.32. The first-order valence-corrected chi connectivity index (χ1v) is 9.92. The number of anilines is 2. The first-order chi connectivity index (χ1) is 14.4. The van der Waals surface area contributed by atoms with Crippen LogP contribution in [0.5, 0.6) is 0 Å². The molecular formula is C22H23ClN2O5. The second kappa shape index (κ2) is 9.63. The molecule has 0 spiro atoms. The van der Waals surface area contributed by atoms with Gasteiger partial charge in [0.05, 0.1) is 25.3 Å². The molecule has 3 rings (SSSR count). The molecule has 1 aliphatic rings. The number of piperidine rings is 1. The Labute approximate surface area is 179 Å². The molecule has 0 aromatic heterocycles. The van der Waals surface area contributed by atoms with Gasteiger partial charge < -0.3 is 19.7 Å². The number of carbonyl (C=O) groups excluding carboxylic acids is 3. The zero-order chi connectivity index (χ0) is 21.7. The summed E-state index contributed by atoms with van der Waals surface area (Å²) in [6.07, 6.45) is 1.36. The first-order valence-electron chi connectivity index (χ1n) is 9.54. The topological polar surface area (TPSA) is 84.9 Å². The number of carbonyl (C=O) groups is 3. The predicted octanol–water partition coefficient (Wildman–Crippen LogP) is 3.77. The Hall–Kier alpha value is -3.06. The van der Waals surface area contributed by atoms with Crippen LogP contribution in [0, 0.1) is 5.92 Å². The highest BCUT2D eigenvalue weighted by Crippen LogP contribution is 2.26. The number of methoxy groups -OCH3 is 2. The molecule has 1 saturated heterocycles. The fourth-order valence-electron chi connectivity index (χ4n) is 3.49. The molecule has 0 unspecified atom stereocenters. The Morgan fingerprint density at radius 1 is 0.967 bits per heavy atom. The van der Waals surface area contributed by atoms with Crippen LogP contribution in [0.25, 0.3) is 0 Å². The fraction of sp³-hybridized carbons (Fsp3) is 0.318. The van der Waals surface area contributed by atoms with E-state index in [-0.39, 0.29) is 23.0 Å². The SMILES string of the molecule is COC(=O)c1cc(NC(=O)C2CCN(c3cccc(Cl)c3)CC2)cc(C(=O)OC)c1. The van der Waals surface area contributed by atoms with E-state index in [1.54, 1.807) is 0 Å². The van der Waals surface area contributed by atoms with Crippen LogP contribution in [0.3, 0.4) is 0 Å². The molecule has 1 N–H and O–H groups in total. The number of nitrogens with zero attached hydrogens (tertiary/aromatic N) is 1. The molecule has 158 valence electrons. The minimum atomic E-state index is -0.605. The monoisotopic (exact) mass is 430 g/mol. The van der Waals surface area contributed by atoms with Gasteiger partial charge in [0, 0.05) is 35.4 Å². The number of esters is 2. The summed E-state index contributed by atoms with van der Waals surface area (Å²) in [6.45, 7) is 1.46. The zero-order valence-corrected chi connectivity index (χ0v) is 17.6. The molecule has 0 saturated carbocycles. The maximum atomic E-state index is 12.8. The summed E-state index contributed by atoms with van der Waals surface area (Å²) in [6, 6.07) is 12.0. The Bertz CT molecular complexity index is 920. The lowest BCUT2D eigenvalue weighted by Gasteiger charge is -2.33. The van der Waals surface area contributed by atoms with Crippen LogP contribution in [0.4, 0.5) is 11.4 Å². The van der Waals surface area contributed by atoms with Crippen LogP contribution in [0.15, 0.2) is 42.5 Å². The number of halogens is 1. The molecule has 0 aliphatic carbocycles. The van der Waals surface area contributed by atoms with E-state index in [0.717, 1.165) is 18.8 Å². The molecule has 0 atom stereocenters. The normalized spacial score (nSPS) is 14.2. The van der Waals surface area contributed by atoms with Gasteiger partial charge in [-0.25, -0.2) is 9.59 Å². The molecule has 30 heavy (non-hydrogen) atoms. The lowest BCUT2D eigenvalue weighted by Crippen LogP contribution is -2.38. The number of ether oxygens (including phenoxy) is 2. The van der Waals surface area contributed by atoms with Crippen molar-refractivity contribution in [3.8, 4) is 0 Å². The van der Waals surface area contributed by atoms with E-state index in [9.17, 15) is 14.4 Å². The van der Waals surface area contributed by atoms with Gasteiger partial charge in [0.2, 0.25) is 5.91 Å². The highest BCUT2D eigenvalue weighted by atomic mass is 35.5. The zero-order valence-electron chi connectivity index (χ0n) is 16.8. The smallest absolute Gasteiger partial charge is 0.337 e. The van der Waals surface area contributed by atoms with Gasteiger partial charge in [0.15, 0.2) is 0 Å². The first kappa shape index (κ1) is 21.6. The van der Waals surface area contributed by atoms with E-state index in [4.69, 9.17) is 21.1 Å². The number of nitrogens with one attached hydrogen (secondary N) is 1. The van der Waals surface area contributed by atoms with Crippen LogP contribution in [0.1, 0.15) is 33.6 Å². The van der Waals surface area contributed by atoms with Gasteiger partial charge in [-0.1, -0.05) is 17.7 Å². The van der Waals surface area contributed by atoms with Gasteiger partial charge >= 0.3 is 11.9 Å². The number of hydrogen-bond donors (Lipinski definition) is 1. The highest BCUT2D eigenvalue weighted by Gasteiger charge is 2.26. The molecule has 0 radical (unpaired) electrons. The van der Waals surface area contributed by atoms with E-state index in [1.165, 1.54) is 32.4 Å². The molecule has 2 aromatic carbocycles. The molecule has 1 heterocycles. The number of rotatable bonds is 5. The number of amides is 1. The van der Waals surface area contributed by atoms with Crippen LogP contribution >= 0.6 is 11.6 Å². The maximum absolute atomic E-state index is 12.8. The Balaban J connectivity index is 1.68. The van der Waals surface area contributed by atoms with Crippen molar-refractivity contribution in [1.82, 2.24) is 0 Å². The minimum absolute atomic E-state index is 0.154. The Morgan fingerprint density at radius 2 is 1.57 bits per heavy atom. The van der Waals surface area contributed by atoms with Crippen molar-refractivity contribution in [2.75, 3.05) is 37.5 Å². The van der Waals surface area contributed by atoms with Gasteiger partial charge in [-0.15, -0.1) is 0 Å². The summed E-state index contributed by atoms with van der Waals surface area (Å²) in [4.78, 5) is 38.8. The third-order valence-electron chi connectivity index (χ3n) is 5.08. The molecule has 7 nitrogen and oxygen atoms in total. The van der Waals surface area contributed by atoms with Crippen molar-refractivity contribution in [3.63, 3.8) is 0 Å². The van der Waals surface area contributed by atoms with Crippen molar-refractivity contribution < 1.29 is 23.9 Å². The van der Waals surface area contributed by atoms with E-state index in [0.29, 0.717) is 23.6 Å². The summed E-state index contributed by atoms with van der Waals surface area (Å²) in [5.74, 6) is -1.54. The van der Waals surface area contributed by atoms with E-state index >= 15 is 0 Å². The summed E-state index contributed by atoms with van der Waals surface area (Å²) < 4.78 is 9.45. The number of benzene rings is 2. The molecule has 1 aliphatic heterocycles. The molecule has 8 heteroatoms. The third kappa shape index (κ3) is 5.10. The minimum Gasteiger partial charge on any atom is -0.465 e. The van der Waals surface area contributed by atoms with Crippen molar-refractivity contribution in [1.29, 1.82) is 0 Å². The lowest BCUT2D eigenvalue weighted by molar-refractivity contribution is -0.120. The van der Waals surface area contributed by atoms with Crippen molar-refractivity contribution >= 4 is 40.8 Å². The second-order valence-electron chi connectivity index (χ2n) is 7.01. The van der Waals surface area contributed by atoms with Gasteiger partial charge in [-0.3, -0.25) is 4.79 Å². The van der Waals surface area contributed by atoms with E-state index in [1.807, 2.05) is 24.3 Å². The Kier molecular flexibility index (Phi) is 6.95. The van der Waals surface area contributed by atoms with Gasteiger partial charge in [0.25, 0.3) is 0 Å². The summed E-state index contributed by atoms with van der Waals surface area (Å²) in [5, 5.41) is 3.50. The van der Waals surface area contributed by atoms with Crippen molar-refractivity contribution in [2.45, 2.75) is 12.8 Å². The maximum Gasteiger partial charge on any atom is 0.337 e. The van der Waals surface area contributed by atoms with Crippen LogP contribution in [0.2, 0.25) is 5.02 Å². The quantitative estimate of drug-likeness (QED) is 0.727. The standard InChI is InChI=1S/C22H23ClN2O5/c1-29-21(27)15-10-16(22(28)30-2)12-18(11-15)24-20(26)14-6-8-25(9-7-14)19-5-3-4-17(23)13-19/h3-5,10-14H,6-9H2,1-2H3,(H,24,26). The van der Waals surface area contributed by atoms with Crippen molar-refractivity contribution in [2.24, 2.45) is 5.92 Å². The van der Waals surface area contributed by atoms with Gasteiger partial charge in [-0.05, 0) is 49.2 Å². The van der Waals surface area contributed by atoms with Crippen LogP contribution in [-0.4, -0.2) is 45.2 Å². The van der Waals surface area contributed by atoms with Gasteiger partial charge in [0.1, 0.15) is 0 Å². The van der Waals surface area contributed by atoms with Gasteiger partial charge in [-0.2, -0.15) is 0 Å². The van der Waals surface area contributed by atoms with Crippen LogP contribution < -0.4 is 10.2 Å². The molecule has 1 fully saturated rings. The molecular weight excluding hydrogens is 408 g/mol. The average molecular weight is 431 g/mol. The molecule has 1 amide bonds. The summed E-state index contributed by atoms with van der Waals surface area (Å²) >= 11 is 6.07. The lowest BCUT2D eigenvalue weighted by atomic mass is 9.95. The largest absolute Gasteiger partial charge is 0.465 e. The summed E-state index contributed by atoms with van der Waals surface area (Å²) in [7, 11) is 2.50. The number of hydrogen-bond acceptors (Lipinski definition) is 6. The molecule has 2 aromatic rings. The van der Waals surface area contributed by atoms with E-state index < -0.39 is 11.9 Å². The van der Waals surface area contributed by atoms with E-state index in [2.05, 4.69) is 10.2 Å². The van der Waals surface area contributed by atoms with Crippen LogP contribution in [-0.2, 0) is 14.3 Å².